The zero-order chi connectivity index (χ0) is 10.3. The minimum absolute atomic E-state index is 0.528. The van der Waals surface area contributed by atoms with Gasteiger partial charge in [0.1, 0.15) is 5.82 Å². The first-order valence-electron chi connectivity index (χ1n) is 2.90. The van der Waals surface area contributed by atoms with E-state index < -0.39 is 4.41 Å². The van der Waals surface area contributed by atoms with Gasteiger partial charge in [-0.25, -0.2) is 4.98 Å². The van der Waals surface area contributed by atoms with Crippen molar-refractivity contribution in [3.05, 3.63) is 18.2 Å². The van der Waals surface area contributed by atoms with Crippen molar-refractivity contribution in [1.82, 2.24) is 9.55 Å². The quantitative estimate of drug-likeness (QED) is 0.406. The van der Waals surface area contributed by atoms with Gasteiger partial charge in [-0.1, -0.05) is 47.8 Å². The standard InChI is InChI=1S/C5H2Br6N2/c6-4(7,8)3-12-1-2-13(3)5(9,10)11/h1-2H. The Kier molecular flexibility index (Phi) is 4.58. The molecule has 1 aromatic rings. The van der Waals surface area contributed by atoms with Crippen LogP contribution in [0.2, 0.25) is 0 Å². The van der Waals surface area contributed by atoms with E-state index in [-0.39, 0.29) is 0 Å². The minimum atomic E-state index is -0.531. The number of alkyl halides is 6. The van der Waals surface area contributed by atoms with E-state index in [0.29, 0.717) is 0 Å². The Morgan fingerprint density at radius 2 is 1.62 bits per heavy atom. The van der Waals surface area contributed by atoms with E-state index in [4.69, 9.17) is 0 Å². The predicted octanol–water partition coefficient (Wildman–Crippen LogP) is 4.93. The average molecular weight is 570 g/mol. The highest BCUT2D eigenvalue weighted by atomic mass is 80.0. The van der Waals surface area contributed by atoms with E-state index >= 15 is 0 Å². The fourth-order valence-corrected chi connectivity index (χ4v) is 2.46. The molecule has 0 amide bonds. The van der Waals surface area contributed by atoms with Gasteiger partial charge in [-0.05, 0) is 47.8 Å². The van der Waals surface area contributed by atoms with E-state index in [1.54, 1.807) is 6.20 Å². The maximum Gasteiger partial charge on any atom is 0.212 e. The normalized spacial score (nSPS) is 13.4. The number of hydrogen-bond donors (Lipinski definition) is 0. The Balaban J connectivity index is 3.19. The topological polar surface area (TPSA) is 17.8 Å². The number of aromatic nitrogens is 2. The first-order valence-corrected chi connectivity index (χ1v) is 7.66. The summed E-state index contributed by atoms with van der Waals surface area (Å²) in [5.74, 6) is 0.762. The fraction of sp³-hybridized carbons (Fsp3) is 0.400. The Bertz CT molecular complexity index is 266. The van der Waals surface area contributed by atoms with Gasteiger partial charge < -0.3 is 0 Å². The smallest absolute Gasteiger partial charge is 0.212 e. The molecule has 0 unspecified atom stereocenters. The van der Waals surface area contributed by atoms with Gasteiger partial charge in [0.2, 0.25) is 2.27 Å². The van der Waals surface area contributed by atoms with Crippen LogP contribution in [0.15, 0.2) is 12.4 Å². The van der Waals surface area contributed by atoms with Crippen molar-refractivity contribution in [3.63, 3.8) is 0 Å². The fourth-order valence-electron chi connectivity index (χ4n) is 0.718. The van der Waals surface area contributed by atoms with Gasteiger partial charge in [0.15, 0.2) is 2.14 Å². The van der Waals surface area contributed by atoms with Crippen LogP contribution in [-0.2, 0) is 4.41 Å². The van der Waals surface area contributed by atoms with Crippen molar-refractivity contribution in [2.75, 3.05) is 0 Å². The summed E-state index contributed by atoms with van der Waals surface area (Å²) in [7, 11) is 0. The zero-order valence-electron chi connectivity index (χ0n) is 5.82. The van der Waals surface area contributed by atoms with Gasteiger partial charge in [-0.3, -0.25) is 4.57 Å². The molecule has 0 aliphatic heterocycles. The molecule has 0 bridgehead atoms. The molecule has 13 heavy (non-hydrogen) atoms. The zero-order valence-corrected chi connectivity index (χ0v) is 15.3. The SMILES string of the molecule is BrC(Br)(Br)c1nccn1C(Br)(Br)Br. The summed E-state index contributed by atoms with van der Waals surface area (Å²) in [6, 6.07) is 0. The summed E-state index contributed by atoms with van der Waals surface area (Å²) in [4.78, 5) is 4.19. The van der Waals surface area contributed by atoms with Gasteiger partial charge in [0.05, 0.1) is 0 Å². The number of imidazole rings is 1. The molecule has 1 heterocycles. The summed E-state index contributed by atoms with van der Waals surface area (Å²) < 4.78 is 0.793. The number of nitrogens with zero attached hydrogens (tertiary/aromatic N) is 2. The Hall–Kier alpha value is 2.09. The molecule has 0 radical (unpaired) electrons. The molecule has 0 saturated carbocycles. The Morgan fingerprint density at radius 1 is 1.08 bits per heavy atom. The maximum absolute atomic E-state index is 4.19. The highest BCUT2D eigenvalue weighted by Gasteiger charge is 2.32. The van der Waals surface area contributed by atoms with Crippen LogP contribution in [0, 0.1) is 0 Å². The third kappa shape index (κ3) is 3.55. The lowest BCUT2D eigenvalue weighted by atomic mass is 10.7. The molecule has 0 spiro atoms. The van der Waals surface area contributed by atoms with Crippen LogP contribution in [0.1, 0.15) is 5.82 Å². The van der Waals surface area contributed by atoms with Gasteiger partial charge in [-0.2, -0.15) is 0 Å². The molecule has 1 rings (SSSR count). The average Bonchev–Trinajstić information content (AvgIpc) is 2.27. The molecular weight excluding hydrogens is 567 g/mol. The van der Waals surface area contributed by atoms with E-state index in [1.807, 2.05) is 10.8 Å². The van der Waals surface area contributed by atoms with Crippen LogP contribution < -0.4 is 0 Å². The van der Waals surface area contributed by atoms with Crippen molar-refractivity contribution in [2.24, 2.45) is 0 Å². The van der Waals surface area contributed by atoms with E-state index in [2.05, 4.69) is 101 Å². The first kappa shape index (κ1) is 13.2. The van der Waals surface area contributed by atoms with Crippen LogP contribution >= 0.6 is 95.6 Å². The lowest BCUT2D eigenvalue weighted by Gasteiger charge is -2.21. The molecule has 0 N–H and O–H groups in total. The number of hydrogen-bond acceptors (Lipinski definition) is 1. The Labute approximate surface area is 126 Å². The second-order valence-corrected chi connectivity index (χ2v) is 15.5. The Morgan fingerprint density at radius 3 is 1.92 bits per heavy atom. The van der Waals surface area contributed by atoms with Crippen molar-refractivity contribution in [2.45, 2.75) is 4.41 Å². The highest BCUT2D eigenvalue weighted by Crippen LogP contribution is 2.48. The highest BCUT2D eigenvalue weighted by molar-refractivity contribution is 9.39. The minimum Gasteiger partial charge on any atom is -0.298 e. The molecule has 1 aromatic heterocycles. The van der Waals surface area contributed by atoms with Crippen LogP contribution in [0.5, 0.6) is 0 Å². The summed E-state index contributed by atoms with van der Waals surface area (Å²) in [6.07, 6.45) is 3.53. The molecule has 2 nitrogen and oxygen atoms in total. The van der Waals surface area contributed by atoms with Crippen molar-refractivity contribution >= 4 is 95.6 Å². The third-order valence-electron chi connectivity index (χ3n) is 1.17. The van der Waals surface area contributed by atoms with Crippen LogP contribution in [-0.4, -0.2) is 9.55 Å². The van der Waals surface area contributed by atoms with E-state index in [9.17, 15) is 0 Å². The monoisotopic (exact) mass is 564 g/mol. The predicted molar refractivity (Wildman–Crippen MR) is 75.4 cm³/mol. The first-order chi connectivity index (χ1) is 5.73. The van der Waals surface area contributed by atoms with E-state index in [0.717, 1.165) is 5.82 Å². The summed E-state index contributed by atoms with van der Waals surface area (Å²) in [5.41, 5.74) is 0. The van der Waals surface area contributed by atoms with Crippen LogP contribution in [0.3, 0.4) is 0 Å². The second kappa shape index (κ2) is 4.53. The van der Waals surface area contributed by atoms with Crippen molar-refractivity contribution in [1.29, 1.82) is 0 Å². The van der Waals surface area contributed by atoms with Gasteiger partial charge in [-0.15, -0.1) is 0 Å². The van der Waals surface area contributed by atoms with E-state index in [1.165, 1.54) is 0 Å². The summed E-state index contributed by atoms with van der Waals surface area (Å²) in [6.45, 7) is 0. The van der Waals surface area contributed by atoms with Gasteiger partial charge >= 0.3 is 0 Å². The molecule has 8 heteroatoms. The second-order valence-electron chi connectivity index (χ2n) is 2.09. The van der Waals surface area contributed by atoms with Crippen LogP contribution in [0.4, 0.5) is 0 Å². The van der Waals surface area contributed by atoms with Crippen LogP contribution in [0.25, 0.3) is 0 Å². The largest absolute Gasteiger partial charge is 0.298 e. The molecule has 0 fully saturated rings. The third-order valence-corrected chi connectivity index (χ3v) is 3.38. The van der Waals surface area contributed by atoms with Crippen molar-refractivity contribution < 1.29 is 0 Å². The van der Waals surface area contributed by atoms with Gasteiger partial charge in [0, 0.05) is 12.4 Å². The molecule has 74 valence electrons. The number of rotatable bonds is 0. The number of halogens is 6. The molecule has 0 aliphatic rings. The molecule has 0 atom stereocenters. The summed E-state index contributed by atoms with van der Waals surface area (Å²) in [5, 5.41) is 0. The van der Waals surface area contributed by atoms with Gasteiger partial charge in [0.25, 0.3) is 0 Å². The molecule has 0 aliphatic carbocycles. The lowest BCUT2D eigenvalue weighted by molar-refractivity contribution is 0.797. The maximum atomic E-state index is 4.19. The van der Waals surface area contributed by atoms with Crippen molar-refractivity contribution in [3.8, 4) is 0 Å². The molecular formula is C5H2Br6N2. The molecule has 0 saturated heterocycles. The summed E-state index contributed by atoms with van der Waals surface area (Å²) >= 11 is 20.4. The lowest BCUT2D eigenvalue weighted by Crippen LogP contribution is -2.17. The molecule has 0 aromatic carbocycles.